The highest BCUT2D eigenvalue weighted by Gasteiger charge is 2.43. The summed E-state index contributed by atoms with van der Waals surface area (Å²) < 4.78 is 19.1. The smallest absolute Gasteiger partial charge is 0.106 e. The first-order valence-corrected chi connectivity index (χ1v) is 46.1. The number of thiophene rings is 1. The normalized spacial score (nSPS) is 24.1. The van der Waals surface area contributed by atoms with E-state index in [1.165, 1.54) is 37.2 Å². The van der Waals surface area contributed by atoms with Crippen LogP contribution in [0.15, 0.2) is 331 Å². The molecule has 132 heavy (non-hydrogen) atoms. The molecule has 0 saturated heterocycles. The molecule has 6 aromatic rings. The van der Waals surface area contributed by atoms with Gasteiger partial charge in [0, 0.05) is 68.4 Å². The summed E-state index contributed by atoms with van der Waals surface area (Å²) in [5.41, 5.74) is 7.48. The second-order valence-corrected chi connectivity index (χ2v) is 33.6. The number of fused-ring (bicyclic) bond motifs is 2. The predicted molar refractivity (Wildman–Crippen MR) is 569 cm³/mol. The van der Waals surface area contributed by atoms with Crippen molar-refractivity contribution in [3.05, 3.63) is 364 Å². The number of benzene rings is 5. The maximum atomic E-state index is 9.71. The van der Waals surface area contributed by atoms with Gasteiger partial charge in [0.1, 0.15) is 12.2 Å². The minimum atomic E-state index is -0.217. The SMILES string of the molecule is C.C.C.C.C.C=C/C=C/C.C=C[C@@H]1C[C@H](/C=C\C2=CCc3ccccc32)[C@@H](CO)[C@H]1CO.C=C[C@@H]1C[C@H](/C=C\C=C\C)[C@@H](CO)[C@H]1CO.C=C[C@@H]1C[C@H](/C=C\CCC)[C@@H](CO)[C@H]1CO.C=C[C@@H]1C[C@H](/C=C\c2cc3ccccc3s2)[C@@H](CO)[C@H]1CO.C=C[C@H](OCc1ccccc1)[C@@H](/C=C\C=C\C)OCc1ccccc1.CC#CC#CC#CC.C[C@H]1C=C[C@H]1OCc1ccccc1. The van der Waals surface area contributed by atoms with Crippen LogP contribution in [0.2, 0.25) is 0 Å². The third-order valence-electron chi connectivity index (χ3n) is 24.4. The Labute approximate surface area is 804 Å². The molecule has 6 aliphatic carbocycles. The maximum Gasteiger partial charge on any atom is 0.106 e. The van der Waals surface area contributed by atoms with Gasteiger partial charge in [-0.2, -0.15) is 0 Å². The molecule has 0 amide bonds. The first-order chi connectivity index (χ1) is 62.1. The van der Waals surface area contributed by atoms with E-state index in [2.05, 4.69) is 241 Å². The van der Waals surface area contributed by atoms with Gasteiger partial charge >= 0.3 is 0 Å². The lowest BCUT2D eigenvalue weighted by molar-refractivity contribution is -0.0419. The Morgan fingerprint density at radius 1 is 0.432 bits per heavy atom. The Hall–Kier alpha value is -9.86. The highest BCUT2D eigenvalue weighted by atomic mass is 32.1. The molecule has 718 valence electrons. The summed E-state index contributed by atoms with van der Waals surface area (Å²) in [4.78, 5) is 1.24. The van der Waals surface area contributed by atoms with Crippen molar-refractivity contribution in [3.8, 4) is 35.5 Å². The van der Waals surface area contributed by atoms with Gasteiger partial charge in [-0.3, -0.25) is 0 Å². The second-order valence-electron chi connectivity index (χ2n) is 32.5. The lowest BCUT2D eigenvalue weighted by Crippen LogP contribution is -2.28. The molecule has 0 aliphatic heterocycles. The van der Waals surface area contributed by atoms with Crippen LogP contribution in [0.3, 0.4) is 0 Å². The van der Waals surface area contributed by atoms with Crippen molar-refractivity contribution in [2.45, 2.75) is 169 Å². The van der Waals surface area contributed by atoms with Crippen molar-refractivity contribution in [1.82, 2.24) is 0 Å². The molecule has 4 fully saturated rings. The molecule has 0 bridgehead atoms. The van der Waals surface area contributed by atoms with Crippen LogP contribution < -0.4 is 0 Å². The number of ether oxygens (including phenoxy) is 3. The summed E-state index contributed by atoms with van der Waals surface area (Å²) in [6, 6.07) is 49.6. The number of rotatable bonds is 35. The lowest BCUT2D eigenvalue weighted by Gasteiger charge is -2.25. The summed E-state index contributed by atoms with van der Waals surface area (Å²) >= 11 is 1.78. The molecule has 11 nitrogen and oxygen atoms in total. The van der Waals surface area contributed by atoms with E-state index < -0.39 is 0 Å². The van der Waals surface area contributed by atoms with Gasteiger partial charge in [0.15, 0.2) is 0 Å². The number of aliphatic hydroxyl groups is 8. The van der Waals surface area contributed by atoms with E-state index in [0.717, 1.165) is 62.7 Å². The molecular weight excluding hydrogens is 1650 g/mol. The minimum Gasteiger partial charge on any atom is -0.396 e. The summed E-state index contributed by atoms with van der Waals surface area (Å²) in [5, 5.41) is 77.4. The molecule has 1 aromatic heterocycles. The summed E-state index contributed by atoms with van der Waals surface area (Å²) in [7, 11) is 0. The Morgan fingerprint density at radius 3 is 1.23 bits per heavy atom. The zero-order valence-electron chi connectivity index (χ0n) is 76.5. The topological polar surface area (TPSA) is 190 Å². The van der Waals surface area contributed by atoms with Crippen molar-refractivity contribution in [2.24, 2.45) is 101 Å². The van der Waals surface area contributed by atoms with Gasteiger partial charge in [0.25, 0.3) is 0 Å². The van der Waals surface area contributed by atoms with Crippen molar-refractivity contribution >= 4 is 33.1 Å². The van der Waals surface area contributed by atoms with Crippen LogP contribution in [0.25, 0.3) is 21.7 Å². The average molecular weight is 1820 g/mol. The molecule has 12 heteroatoms. The van der Waals surface area contributed by atoms with Gasteiger partial charge in [0.2, 0.25) is 0 Å². The Kier molecular flexibility index (Phi) is 68.1. The van der Waals surface area contributed by atoms with Gasteiger partial charge in [-0.05, 0) is 248 Å². The standard InChI is InChI=1S/C23H26O2.C20H24O2.C19H22O2S.C14H24O2.C14H22O2.C12H14O.C8H6.C5H8.5CH4/c1-3-5-8-17-23(25-19-21-15-11-7-12-16-21)22(4-2)24-18-20-13-9-6-10-14-20;1-2-14-11-17(20(13-22)19(14)12-21)10-9-16-8-7-15-5-3-4-6-18(15)16;1-2-13-9-14(18(12-21)17(13)11-20)7-8-16-10-15-5-3-4-6-19(15)22-16;2*1-3-5-6-7-12-8-11(4-2)13(9-15)14(12)10-16;1-10-7-8-12(10)13-9-11-5-3-2-4-6-11;1-3-5-7-8-6-4-2;1-3-5-4-2;;;;;/h3-17,22-23H,2,18-19H2,1H3;2-6,8-10,14,17,19-22H,1,7,11-13H2;2-8,10,13-14,17-18,20-21H,1,9,11-12H2;4,6-7,11-16H,2-3,5,8-10H2,1H3;3-7,11-16H,2,8-10H2,1H3;2-8,10,12H,9H2,1H3;1-2H3;3-5H,1H2,2H3;5*1H4/b5-3+,17-8-;10-9-;8-7-;7-6-;5-3+,7-6-;;;5-4+;;;;;/t22-,23+;14-,17+,19+,20-;13-,14+,17+,18-;2*11-,12+,13+,14-;10-,12+;;;;;;;/m011110......./s1. The van der Waals surface area contributed by atoms with Crippen LogP contribution in [0.1, 0.15) is 157 Å². The predicted octanol–water partition coefficient (Wildman–Crippen LogP) is 25.9. The van der Waals surface area contributed by atoms with E-state index in [1.54, 1.807) is 37.3 Å². The molecule has 8 N–H and O–H groups in total. The van der Waals surface area contributed by atoms with Crippen LogP contribution in [0.5, 0.6) is 0 Å². The molecule has 4 saturated carbocycles. The molecule has 20 atom stereocenters. The van der Waals surface area contributed by atoms with Crippen molar-refractivity contribution < 1.29 is 55.1 Å². The average Bonchev–Trinajstić information content (AvgIpc) is 1.67. The number of hydrogen-bond donors (Lipinski definition) is 8. The quantitative estimate of drug-likeness (QED) is 0.0107. The van der Waals surface area contributed by atoms with E-state index in [9.17, 15) is 40.9 Å². The summed E-state index contributed by atoms with van der Waals surface area (Å²) in [6.45, 7) is 39.4. The zero-order chi connectivity index (χ0) is 92.2. The highest BCUT2D eigenvalue weighted by Crippen LogP contribution is 2.47. The second kappa shape index (κ2) is 73.6. The molecule has 6 aliphatic rings. The van der Waals surface area contributed by atoms with E-state index >= 15 is 0 Å². The Bertz CT molecular complexity index is 4580. The molecule has 12 rings (SSSR count). The molecule has 0 radical (unpaired) electrons. The van der Waals surface area contributed by atoms with Crippen molar-refractivity contribution in [1.29, 1.82) is 0 Å². The van der Waals surface area contributed by atoms with Gasteiger partial charge in [-0.25, -0.2) is 0 Å². The van der Waals surface area contributed by atoms with Gasteiger partial charge in [-0.1, -0.05) is 355 Å². The van der Waals surface area contributed by atoms with Gasteiger partial charge in [-0.15, -0.1) is 44.2 Å². The van der Waals surface area contributed by atoms with Crippen molar-refractivity contribution in [2.75, 3.05) is 52.9 Å². The third-order valence-corrected chi connectivity index (χ3v) is 25.5. The van der Waals surface area contributed by atoms with Gasteiger partial charge < -0.3 is 55.1 Å². The van der Waals surface area contributed by atoms with Crippen LogP contribution in [-0.2, 0) is 40.5 Å². The highest BCUT2D eigenvalue weighted by molar-refractivity contribution is 7.19. The lowest BCUT2D eigenvalue weighted by atomic mass is 9.88. The van der Waals surface area contributed by atoms with E-state index in [1.807, 2.05) is 154 Å². The number of hydrogen-bond acceptors (Lipinski definition) is 12. The van der Waals surface area contributed by atoms with Crippen molar-refractivity contribution in [3.63, 3.8) is 0 Å². The molecule has 1 heterocycles. The van der Waals surface area contributed by atoms with E-state index in [0.29, 0.717) is 72.6 Å². The number of unbranched alkanes of at least 4 members (excludes halogenated alkanes) is 1. The molecular formula is C120H166O11S. The molecule has 0 unspecified atom stereocenters. The minimum absolute atomic E-state index is 0. The third kappa shape index (κ3) is 41.3. The van der Waals surface area contributed by atoms with E-state index in [4.69, 9.17) is 14.2 Å². The first-order valence-electron chi connectivity index (χ1n) is 45.2. The van der Waals surface area contributed by atoms with Gasteiger partial charge in [0.05, 0.1) is 25.9 Å². The Balaban J connectivity index is 0.00000152. The van der Waals surface area contributed by atoms with Crippen LogP contribution in [0.4, 0.5) is 0 Å². The van der Waals surface area contributed by atoms with E-state index in [-0.39, 0.29) is 150 Å². The monoisotopic (exact) mass is 1820 g/mol. The fourth-order valence-corrected chi connectivity index (χ4v) is 18.2. The maximum absolute atomic E-state index is 9.71. The fourth-order valence-electron chi connectivity index (χ4n) is 17.2. The van der Waals surface area contributed by atoms with Crippen LogP contribution in [0, 0.1) is 136 Å². The molecule has 0 spiro atoms. The number of allylic oxidation sites excluding steroid dienone is 21. The summed E-state index contributed by atoms with van der Waals surface area (Å²) in [6.07, 6.45) is 58.0. The van der Waals surface area contributed by atoms with Crippen LogP contribution >= 0.6 is 11.3 Å². The number of aliphatic hydroxyl groups excluding tert-OH is 8. The fraction of sp³-hybridized carbons (Fsp3) is 0.417. The Morgan fingerprint density at radius 2 is 0.833 bits per heavy atom. The first kappa shape index (κ1) is 122. The zero-order valence-corrected chi connectivity index (χ0v) is 77.3. The summed E-state index contributed by atoms with van der Waals surface area (Å²) in [5.74, 6) is 19.9. The largest absolute Gasteiger partial charge is 0.396 e. The van der Waals surface area contributed by atoms with Crippen LogP contribution in [-0.4, -0.2) is 112 Å². The molecule has 5 aromatic carbocycles.